The fourth-order valence-corrected chi connectivity index (χ4v) is 2.10. The standard InChI is InChI=1S/C18H25N3O4/c1-12(22)20(5)11-16(24)21(10-15(19)23)17(25)13-6-8-14(9-7-13)18(2,3)4/h6-9H,10-11H2,1-5H3,(H2,19,23). The summed E-state index contributed by atoms with van der Waals surface area (Å²) >= 11 is 0. The Kier molecular flexibility index (Phi) is 6.44. The predicted octanol–water partition coefficient (Wildman–Crippen LogP) is 0.916. The van der Waals surface area contributed by atoms with E-state index in [1.54, 1.807) is 12.1 Å². The molecule has 7 heteroatoms. The highest BCUT2D eigenvalue weighted by Crippen LogP contribution is 2.22. The van der Waals surface area contributed by atoms with Crippen LogP contribution in [0.5, 0.6) is 0 Å². The van der Waals surface area contributed by atoms with Gasteiger partial charge in [-0.2, -0.15) is 0 Å². The third kappa shape index (κ3) is 5.70. The number of benzene rings is 1. The van der Waals surface area contributed by atoms with E-state index in [1.165, 1.54) is 14.0 Å². The predicted molar refractivity (Wildman–Crippen MR) is 93.7 cm³/mol. The van der Waals surface area contributed by atoms with Crippen molar-refractivity contribution in [2.45, 2.75) is 33.1 Å². The van der Waals surface area contributed by atoms with Gasteiger partial charge in [0.25, 0.3) is 5.91 Å². The van der Waals surface area contributed by atoms with E-state index in [0.29, 0.717) is 0 Å². The van der Waals surface area contributed by atoms with Crippen molar-refractivity contribution in [3.63, 3.8) is 0 Å². The zero-order valence-electron chi connectivity index (χ0n) is 15.3. The van der Waals surface area contributed by atoms with E-state index in [0.717, 1.165) is 15.4 Å². The minimum absolute atomic E-state index is 0.0749. The maximum Gasteiger partial charge on any atom is 0.260 e. The molecule has 0 aliphatic heterocycles. The van der Waals surface area contributed by atoms with E-state index in [2.05, 4.69) is 0 Å². The summed E-state index contributed by atoms with van der Waals surface area (Å²) in [6.45, 7) is 6.59. The first-order valence-electron chi connectivity index (χ1n) is 7.88. The van der Waals surface area contributed by atoms with Crippen LogP contribution in [-0.4, -0.2) is 53.6 Å². The van der Waals surface area contributed by atoms with Crippen LogP contribution in [0.4, 0.5) is 0 Å². The Morgan fingerprint density at radius 1 is 1.00 bits per heavy atom. The van der Waals surface area contributed by atoms with Crippen LogP contribution in [0.25, 0.3) is 0 Å². The molecule has 0 fully saturated rings. The molecule has 136 valence electrons. The highest BCUT2D eigenvalue weighted by Gasteiger charge is 2.26. The Labute approximate surface area is 147 Å². The Morgan fingerprint density at radius 3 is 1.92 bits per heavy atom. The van der Waals surface area contributed by atoms with Gasteiger partial charge in [0.1, 0.15) is 6.54 Å². The summed E-state index contributed by atoms with van der Waals surface area (Å²) < 4.78 is 0. The Hall–Kier alpha value is -2.70. The summed E-state index contributed by atoms with van der Waals surface area (Å²) in [6.07, 6.45) is 0. The summed E-state index contributed by atoms with van der Waals surface area (Å²) in [7, 11) is 1.44. The van der Waals surface area contributed by atoms with Gasteiger partial charge in [0, 0.05) is 19.5 Å². The second kappa shape index (κ2) is 7.92. The average Bonchev–Trinajstić information content (AvgIpc) is 2.50. The van der Waals surface area contributed by atoms with Crippen LogP contribution < -0.4 is 5.73 Å². The first-order valence-corrected chi connectivity index (χ1v) is 7.88. The van der Waals surface area contributed by atoms with Crippen molar-refractivity contribution in [1.29, 1.82) is 0 Å². The van der Waals surface area contributed by atoms with Crippen LogP contribution in [0.1, 0.15) is 43.6 Å². The van der Waals surface area contributed by atoms with Gasteiger partial charge in [0.2, 0.25) is 17.7 Å². The van der Waals surface area contributed by atoms with Gasteiger partial charge in [-0.1, -0.05) is 32.9 Å². The molecule has 25 heavy (non-hydrogen) atoms. The fourth-order valence-electron chi connectivity index (χ4n) is 2.10. The largest absolute Gasteiger partial charge is 0.368 e. The van der Waals surface area contributed by atoms with E-state index in [1.807, 2.05) is 32.9 Å². The molecule has 0 heterocycles. The number of primary amides is 1. The smallest absolute Gasteiger partial charge is 0.260 e. The second-order valence-corrected chi connectivity index (χ2v) is 6.95. The summed E-state index contributed by atoms with van der Waals surface area (Å²) in [6, 6.07) is 6.83. The minimum atomic E-state index is -0.807. The number of hydrogen-bond acceptors (Lipinski definition) is 4. The third-order valence-electron chi connectivity index (χ3n) is 3.77. The van der Waals surface area contributed by atoms with E-state index in [4.69, 9.17) is 5.73 Å². The molecule has 1 aromatic rings. The fraction of sp³-hybridized carbons (Fsp3) is 0.444. The number of imide groups is 1. The van der Waals surface area contributed by atoms with Gasteiger partial charge < -0.3 is 10.6 Å². The number of rotatable bonds is 5. The third-order valence-corrected chi connectivity index (χ3v) is 3.77. The number of carbonyl (C=O) groups excluding carboxylic acids is 4. The lowest BCUT2D eigenvalue weighted by Crippen LogP contribution is -2.47. The molecule has 0 bridgehead atoms. The number of amides is 4. The number of nitrogens with two attached hydrogens (primary N) is 1. The van der Waals surface area contributed by atoms with Gasteiger partial charge in [-0.3, -0.25) is 24.1 Å². The molecule has 0 saturated carbocycles. The van der Waals surface area contributed by atoms with E-state index in [-0.39, 0.29) is 23.4 Å². The number of nitrogens with zero attached hydrogens (tertiary/aromatic N) is 2. The zero-order chi connectivity index (χ0) is 19.4. The highest BCUT2D eigenvalue weighted by molar-refractivity contribution is 6.07. The molecule has 0 aliphatic carbocycles. The normalized spacial score (nSPS) is 10.9. The van der Waals surface area contributed by atoms with Crippen molar-refractivity contribution < 1.29 is 19.2 Å². The van der Waals surface area contributed by atoms with Gasteiger partial charge in [-0.15, -0.1) is 0 Å². The molecular weight excluding hydrogens is 322 g/mol. The minimum Gasteiger partial charge on any atom is -0.368 e. The molecular formula is C18H25N3O4. The zero-order valence-corrected chi connectivity index (χ0v) is 15.3. The van der Waals surface area contributed by atoms with Gasteiger partial charge in [0.15, 0.2) is 0 Å². The molecule has 0 aromatic heterocycles. The monoisotopic (exact) mass is 347 g/mol. The Morgan fingerprint density at radius 2 is 1.52 bits per heavy atom. The topological polar surface area (TPSA) is 101 Å². The highest BCUT2D eigenvalue weighted by atomic mass is 16.2. The van der Waals surface area contributed by atoms with Gasteiger partial charge in [0.05, 0.1) is 6.54 Å². The molecule has 1 aromatic carbocycles. The molecule has 0 atom stereocenters. The van der Waals surface area contributed by atoms with Crippen molar-refractivity contribution in [3.05, 3.63) is 35.4 Å². The van der Waals surface area contributed by atoms with E-state index >= 15 is 0 Å². The van der Waals surface area contributed by atoms with Gasteiger partial charge >= 0.3 is 0 Å². The lowest BCUT2D eigenvalue weighted by atomic mass is 9.86. The SMILES string of the molecule is CC(=O)N(C)CC(=O)N(CC(N)=O)C(=O)c1ccc(C(C)(C)C)cc1. The average molecular weight is 347 g/mol. The van der Waals surface area contributed by atoms with Crippen LogP contribution in [-0.2, 0) is 19.8 Å². The first-order chi connectivity index (χ1) is 11.4. The molecule has 0 saturated heterocycles. The van der Waals surface area contributed by atoms with Crippen LogP contribution in [0.3, 0.4) is 0 Å². The maximum absolute atomic E-state index is 12.6. The number of hydrogen-bond donors (Lipinski definition) is 1. The van der Waals surface area contributed by atoms with Crippen LogP contribution in [0.2, 0.25) is 0 Å². The number of likely N-dealkylation sites (N-methyl/N-ethyl adjacent to an activating group) is 1. The second-order valence-electron chi connectivity index (χ2n) is 6.95. The van der Waals surface area contributed by atoms with Gasteiger partial charge in [-0.05, 0) is 23.1 Å². The molecule has 0 aliphatic rings. The van der Waals surface area contributed by atoms with Crippen molar-refractivity contribution in [2.75, 3.05) is 20.1 Å². The summed E-state index contributed by atoms with van der Waals surface area (Å²) in [5.41, 5.74) is 6.39. The van der Waals surface area contributed by atoms with E-state index < -0.39 is 24.3 Å². The summed E-state index contributed by atoms with van der Waals surface area (Å²) in [5, 5.41) is 0. The van der Waals surface area contributed by atoms with Crippen molar-refractivity contribution in [2.24, 2.45) is 5.73 Å². The number of carbonyl (C=O) groups is 4. The Bertz CT molecular complexity index is 675. The van der Waals surface area contributed by atoms with E-state index in [9.17, 15) is 19.2 Å². The molecule has 1 rings (SSSR count). The summed E-state index contributed by atoms with van der Waals surface area (Å²) in [4.78, 5) is 49.4. The first kappa shape index (κ1) is 20.3. The van der Waals surface area contributed by atoms with Crippen molar-refractivity contribution in [3.8, 4) is 0 Å². The van der Waals surface area contributed by atoms with Crippen LogP contribution in [0.15, 0.2) is 24.3 Å². The maximum atomic E-state index is 12.6. The molecule has 4 amide bonds. The molecule has 2 N–H and O–H groups in total. The lowest BCUT2D eigenvalue weighted by Gasteiger charge is -2.23. The van der Waals surface area contributed by atoms with Crippen molar-refractivity contribution >= 4 is 23.6 Å². The van der Waals surface area contributed by atoms with Crippen LogP contribution >= 0.6 is 0 Å². The molecule has 0 radical (unpaired) electrons. The summed E-state index contributed by atoms with van der Waals surface area (Å²) in [5.74, 6) is -2.42. The Balaban J connectivity index is 3.06. The van der Waals surface area contributed by atoms with Gasteiger partial charge in [-0.25, -0.2) is 0 Å². The van der Waals surface area contributed by atoms with Crippen molar-refractivity contribution in [1.82, 2.24) is 9.80 Å². The molecule has 0 spiro atoms. The van der Waals surface area contributed by atoms with Crippen LogP contribution in [0, 0.1) is 0 Å². The molecule has 7 nitrogen and oxygen atoms in total. The molecule has 0 unspecified atom stereocenters. The quantitative estimate of drug-likeness (QED) is 0.855. The lowest BCUT2D eigenvalue weighted by molar-refractivity contribution is -0.138.